The number of nitrogen functional groups attached to an aromatic ring is 1. The van der Waals surface area contributed by atoms with E-state index in [4.69, 9.17) is 5.73 Å². The van der Waals surface area contributed by atoms with E-state index in [1.807, 2.05) is 0 Å². The van der Waals surface area contributed by atoms with E-state index in [9.17, 15) is 0 Å². The van der Waals surface area contributed by atoms with Crippen molar-refractivity contribution in [2.75, 3.05) is 23.7 Å². The second-order valence-corrected chi connectivity index (χ2v) is 5.49. The molecule has 1 aliphatic heterocycles. The molecule has 2 aliphatic rings. The highest BCUT2D eigenvalue weighted by atomic mass is 15.2. The second-order valence-electron chi connectivity index (χ2n) is 5.49. The van der Waals surface area contributed by atoms with Gasteiger partial charge in [-0.1, -0.05) is 12.8 Å². The summed E-state index contributed by atoms with van der Waals surface area (Å²) in [5.74, 6) is 1.48. The number of anilines is 2. The molecule has 0 radical (unpaired) electrons. The maximum absolute atomic E-state index is 5.56. The van der Waals surface area contributed by atoms with Crippen LogP contribution in [0.2, 0.25) is 0 Å². The Morgan fingerprint density at radius 2 is 1.71 bits per heavy atom. The molecular weight excluding hydrogens is 212 g/mol. The first-order valence-corrected chi connectivity index (χ1v) is 6.60. The quantitative estimate of drug-likeness (QED) is 0.806. The summed E-state index contributed by atoms with van der Waals surface area (Å²) in [6.07, 6.45) is 11.8. The molecule has 2 fully saturated rings. The lowest BCUT2D eigenvalue weighted by molar-refractivity contribution is 0.226. The molecule has 1 aromatic heterocycles. The normalized spacial score (nSPS) is 23.2. The van der Waals surface area contributed by atoms with Gasteiger partial charge in [0.25, 0.3) is 0 Å². The van der Waals surface area contributed by atoms with Gasteiger partial charge < -0.3 is 10.6 Å². The van der Waals surface area contributed by atoms with Crippen LogP contribution in [0.4, 0.5) is 11.6 Å². The zero-order valence-corrected chi connectivity index (χ0v) is 10.2. The fourth-order valence-electron chi connectivity index (χ4n) is 3.33. The zero-order chi connectivity index (χ0) is 11.7. The molecule has 0 atom stereocenters. The minimum absolute atomic E-state index is 0.498. The molecule has 0 unspecified atom stereocenters. The smallest absolute Gasteiger partial charge is 0.147 e. The van der Waals surface area contributed by atoms with Crippen molar-refractivity contribution in [1.29, 1.82) is 0 Å². The Balaban J connectivity index is 1.66. The first-order chi connectivity index (χ1) is 8.27. The molecule has 0 aromatic carbocycles. The predicted molar refractivity (Wildman–Crippen MR) is 68.8 cm³/mol. The number of nitrogens with zero attached hydrogens (tertiary/aromatic N) is 3. The summed E-state index contributed by atoms with van der Waals surface area (Å²) in [6, 6.07) is 0. The molecule has 1 aliphatic carbocycles. The van der Waals surface area contributed by atoms with Gasteiger partial charge in [-0.15, -0.1) is 0 Å². The van der Waals surface area contributed by atoms with E-state index in [1.54, 1.807) is 12.4 Å². The summed E-state index contributed by atoms with van der Waals surface area (Å²) in [6.45, 7) is 2.25. The van der Waals surface area contributed by atoms with Crippen LogP contribution >= 0.6 is 0 Å². The molecule has 17 heavy (non-hydrogen) atoms. The van der Waals surface area contributed by atoms with Crippen LogP contribution in [0, 0.1) is 5.41 Å². The van der Waals surface area contributed by atoms with E-state index in [1.165, 1.54) is 38.5 Å². The summed E-state index contributed by atoms with van der Waals surface area (Å²) in [4.78, 5) is 10.8. The topological polar surface area (TPSA) is 55.0 Å². The molecule has 0 bridgehead atoms. The lowest BCUT2D eigenvalue weighted by Crippen LogP contribution is -2.39. The number of hydrogen-bond donors (Lipinski definition) is 1. The molecule has 3 rings (SSSR count). The van der Waals surface area contributed by atoms with E-state index in [-0.39, 0.29) is 0 Å². The molecule has 4 nitrogen and oxygen atoms in total. The van der Waals surface area contributed by atoms with Crippen molar-refractivity contribution in [3.05, 3.63) is 12.4 Å². The minimum Gasteiger partial charge on any atom is -0.382 e. The Hall–Kier alpha value is -1.32. The first-order valence-electron chi connectivity index (χ1n) is 6.60. The van der Waals surface area contributed by atoms with Gasteiger partial charge >= 0.3 is 0 Å². The summed E-state index contributed by atoms with van der Waals surface area (Å²) in [5, 5.41) is 0. The molecule has 92 valence electrons. The SMILES string of the molecule is Nc1cnc(N2CCC3(CCCC3)CC2)cn1. The largest absolute Gasteiger partial charge is 0.382 e. The summed E-state index contributed by atoms with van der Waals surface area (Å²) >= 11 is 0. The molecule has 1 saturated carbocycles. The van der Waals surface area contributed by atoms with Crippen LogP contribution in [-0.4, -0.2) is 23.1 Å². The van der Waals surface area contributed by atoms with Crippen LogP contribution in [0.3, 0.4) is 0 Å². The fraction of sp³-hybridized carbons (Fsp3) is 0.692. The molecule has 1 aromatic rings. The van der Waals surface area contributed by atoms with Crippen LogP contribution in [-0.2, 0) is 0 Å². The lowest BCUT2D eigenvalue weighted by Gasteiger charge is -2.39. The van der Waals surface area contributed by atoms with Gasteiger partial charge in [0.1, 0.15) is 11.6 Å². The highest BCUT2D eigenvalue weighted by Gasteiger charge is 2.37. The van der Waals surface area contributed by atoms with Crippen molar-refractivity contribution in [3.63, 3.8) is 0 Å². The van der Waals surface area contributed by atoms with E-state index in [2.05, 4.69) is 14.9 Å². The van der Waals surface area contributed by atoms with Crippen LogP contribution in [0.25, 0.3) is 0 Å². The molecule has 2 N–H and O–H groups in total. The Kier molecular flexibility index (Phi) is 2.65. The van der Waals surface area contributed by atoms with E-state index in [0.717, 1.165) is 18.9 Å². The van der Waals surface area contributed by atoms with Crippen LogP contribution < -0.4 is 10.6 Å². The third-order valence-corrected chi connectivity index (χ3v) is 4.47. The monoisotopic (exact) mass is 232 g/mol. The summed E-state index contributed by atoms with van der Waals surface area (Å²) < 4.78 is 0. The molecule has 2 heterocycles. The zero-order valence-electron chi connectivity index (χ0n) is 10.2. The third kappa shape index (κ3) is 2.08. The number of rotatable bonds is 1. The van der Waals surface area contributed by atoms with Crippen molar-refractivity contribution >= 4 is 11.6 Å². The maximum Gasteiger partial charge on any atom is 0.147 e. The second kappa shape index (κ2) is 4.17. The van der Waals surface area contributed by atoms with E-state index >= 15 is 0 Å². The Morgan fingerprint density at radius 3 is 2.29 bits per heavy atom. The van der Waals surface area contributed by atoms with Gasteiger partial charge in [0.05, 0.1) is 12.4 Å². The number of aromatic nitrogens is 2. The molecule has 1 saturated heterocycles. The highest BCUT2D eigenvalue weighted by Crippen LogP contribution is 2.46. The Labute approximate surface area is 102 Å². The average molecular weight is 232 g/mol. The van der Waals surface area contributed by atoms with Crippen LogP contribution in [0.1, 0.15) is 38.5 Å². The van der Waals surface area contributed by atoms with E-state index < -0.39 is 0 Å². The van der Waals surface area contributed by atoms with E-state index in [0.29, 0.717) is 11.2 Å². The standard InChI is InChI=1S/C13H20N4/c14-11-9-16-12(10-15-11)17-7-5-13(6-8-17)3-1-2-4-13/h9-10H,1-8H2,(H2,14,15). The minimum atomic E-state index is 0.498. The van der Waals surface area contributed by atoms with Gasteiger partial charge in [0.15, 0.2) is 0 Å². The fourth-order valence-corrected chi connectivity index (χ4v) is 3.33. The summed E-state index contributed by atoms with van der Waals surface area (Å²) in [5.41, 5.74) is 6.22. The molecule has 4 heteroatoms. The average Bonchev–Trinajstić information content (AvgIpc) is 2.80. The van der Waals surface area contributed by atoms with Crippen molar-refractivity contribution in [1.82, 2.24) is 9.97 Å². The number of hydrogen-bond acceptors (Lipinski definition) is 4. The molecule has 0 amide bonds. The first kappa shape index (κ1) is 10.8. The molecular formula is C13H20N4. The predicted octanol–water partition coefficient (Wildman–Crippen LogP) is 2.22. The third-order valence-electron chi connectivity index (χ3n) is 4.47. The molecule has 1 spiro atoms. The van der Waals surface area contributed by atoms with Gasteiger partial charge in [-0.25, -0.2) is 9.97 Å². The highest BCUT2D eigenvalue weighted by molar-refractivity contribution is 5.39. The van der Waals surface area contributed by atoms with Gasteiger partial charge in [-0.3, -0.25) is 0 Å². The number of piperidine rings is 1. The Morgan fingerprint density at radius 1 is 1.00 bits per heavy atom. The van der Waals surface area contributed by atoms with Crippen molar-refractivity contribution in [2.24, 2.45) is 5.41 Å². The van der Waals surface area contributed by atoms with Gasteiger partial charge in [0.2, 0.25) is 0 Å². The van der Waals surface area contributed by atoms with Gasteiger partial charge in [-0.05, 0) is 31.1 Å². The van der Waals surface area contributed by atoms with Gasteiger partial charge in [-0.2, -0.15) is 0 Å². The van der Waals surface area contributed by atoms with Crippen LogP contribution in [0.5, 0.6) is 0 Å². The van der Waals surface area contributed by atoms with Gasteiger partial charge in [0, 0.05) is 13.1 Å². The van der Waals surface area contributed by atoms with Crippen molar-refractivity contribution in [2.45, 2.75) is 38.5 Å². The number of nitrogens with two attached hydrogens (primary N) is 1. The Bertz CT molecular complexity index is 371. The van der Waals surface area contributed by atoms with Crippen molar-refractivity contribution < 1.29 is 0 Å². The van der Waals surface area contributed by atoms with Crippen LogP contribution in [0.15, 0.2) is 12.4 Å². The van der Waals surface area contributed by atoms with Crippen molar-refractivity contribution in [3.8, 4) is 0 Å². The lowest BCUT2D eigenvalue weighted by atomic mass is 9.77. The summed E-state index contributed by atoms with van der Waals surface area (Å²) in [7, 11) is 0. The maximum atomic E-state index is 5.56.